The Balaban J connectivity index is 2.31. The number of nitrogens with one attached hydrogen (secondary N) is 2. The van der Waals surface area contributed by atoms with Gasteiger partial charge in [-0.25, -0.2) is 4.98 Å². The van der Waals surface area contributed by atoms with Crippen LogP contribution in [0.1, 0.15) is 13.8 Å². The molecule has 0 radical (unpaired) electrons. The number of aliphatic hydroxyl groups excluding tert-OH is 1. The van der Waals surface area contributed by atoms with E-state index in [0.29, 0.717) is 17.8 Å². The highest BCUT2D eigenvalue weighted by molar-refractivity contribution is 5.37. The molecule has 2 aromatic rings. The summed E-state index contributed by atoms with van der Waals surface area (Å²) in [5.41, 5.74) is 0. The molecule has 1 atom stereocenters. The highest BCUT2D eigenvalue weighted by atomic mass is 16.3. The zero-order chi connectivity index (χ0) is 14.5. The van der Waals surface area contributed by atoms with Crippen LogP contribution in [0.2, 0.25) is 0 Å². The molecule has 0 bridgehead atoms. The maximum absolute atomic E-state index is 9.36. The van der Waals surface area contributed by atoms with Crippen LogP contribution in [0.4, 0.5) is 11.9 Å². The van der Waals surface area contributed by atoms with Crippen LogP contribution >= 0.6 is 0 Å². The summed E-state index contributed by atoms with van der Waals surface area (Å²) >= 11 is 0. The van der Waals surface area contributed by atoms with Crippen molar-refractivity contribution in [2.75, 3.05) is 24.3 Å². The molecule has 0 saturated carbocycles. The maximum Gasteiger partial charge on any atom is 0.258 e. The largest absolute Gasteiger partial charge is 0.394 e. The van der Waals surface area contributed by atoms with E-state index in [1.54, 1.807) is 7.05 Å². The highest BCUT2D eigenvalue weighted by Crippen LogP contribution is 2.11. The van der Waals surface area contributed by atoms with Crippen molar-refractivity contribution in [3.8, 4) is 5.95 Å². The summed E-state index contributed by atoms with van der Waals surface area (Å²) in [5.74, 6) is 1.38. The molecule has 3 N–H and O–H groups in total. The molecule has 0 aliphatic carbocycles. The number of nitrogens with zero attached hydrogens (tertiary/aromatic N) is 6. The SMILES string of the molecule is CNc1nc(N[C@H](CO)C(C)C)nc(-n2cncn2)n1. The van der Waals surface area contributed by atoms with Crippen LogP contribution in [0.3, 0.4) is 0 Å². The van der Waals surface area contributed by atoms with E-state index >= 15 is 0 Å². The topological polar surface area (TPSA) is 114 Å². The van der Waals surface area contributed by atoms with Crippen molar-refractivity contribution in [3.05, 3.63) is 12.7 Å². The second-order valence-corrected chi connectivity index (χ2v) is 4.55. The number of hydrogen-bond acceptors (Lipinski definition) is 8. The summed E-state index contributed by atoms with van der Waals surface area (Å²) in [4.78, 5) is 16.5. The fraction of sp³-hybridized carbons (Fsp3) is 0.545. The first-order chi connectivity index (χ1) is 9.63. The summed E-state index contributed by atoms with van der Waals surface area (Å²) in [5, 5.41) is 19.3. The van der Waals surface area contributed by atoms with Crippen molar-refractivity contribution in [2.24, 2.45) is 5.92 Å². The van der Waals surface area contributed by atoms with E-state index < -0.39 is 0 Å². The number of anilines is 2. The molecule has 9 nitrogen and oxygen atoms in total. The third-order valence-electron chi connectivity index (χ3n) is 2.79. The molecule has 108 valence electrons. The predicted octanol–water partition coefficient (Wildman–Crippen LogP) is -0.0772. The van der Waals surface area contributed by atoms with Crippen molar-refractivity contribution in [1.82, 2.24) is 29.7 Å². The number of hydrogen-bond donors (Lipinski definition) is 3. The first kappa shape index (κ1) is 14.1. The molecule has 2 aromatic heterocycles. The van der Waals surface area contributed by atoms with Crippen LogP contribution < -0.4 is 10.6 Å². The van der Waals surface area contributed by atoms with Crippen LogP contribution in [-0.2, 0) is 0 Å². The lowest BCUT2D eigenvalue weighted by molar-refractivity contribution is 0.248. The average Bonchev–Trinajstić information content (AvgIpc) is 2.98. The van der Waals surface area contributed by atoms with Crippen LogP contribution in [0, 0.1) is 5.92 Å². The second-order valence-electron chi connectivity index (χ2n) is 4.55. The van der Waals surface area contributed by atoms with Gasteiger partial charge in [-0.05, 0) is 5.92 Å². The lowest BCUT2D eigenvalue weighted by atomic mass is 10.1. The van der Waals surface area contributed by atoms with Crippen molar-refractivity contribution < 1.29 is 5.11 Å². The van der Waals surface area contributed by atoms with Gasteiger partial charge >= 0.3 is 0 Å². The Morgan fingerprint density at radius 2 is 2.00 bits per heavy atom. The second kappa shape index (κ2) is 6.24. The number of aromatic nitrogens is 6. The third-order valence-corrected chi connectivity index (χ3v) is 2.79. The molecule has 2 heterocycles. The molecule has 0 fully saturated rings. The average molecular weight is 278 g/mol. The lowest BCUT2D eigenvalue weighted by Crippen LogP contribution is -2.30. The molecule has 9 heteroatoms. The Bertz CT molecular complexity index is 541. The zero-order valence-electron chi connectivity index (χ0n) is 11.6. The van der Waals surface area contributed by atoms with Gasteiger partial charge in [-0.2, -0.15) is 24.7 Å². The summed E-state index contributed by atoms with van der Waals surface area (Å²) in [6.07, 6.45) is 2.91. The van der Waals surface area contributed by atoms with Crippen molar-refractivity contribution in [3.63, 3.8) is 0 Å². The Hall–Kier alpha value is -2.29. The van der Waals surface area contributed by atoms with Crippen molar-refractivity contribution in [2.45, 2.75) is 19.9 Å². The molecule has 0 spiro atoms. The van der Waals surface area contributed by atoms with Gasteiger partial charge in [0.15, 0.2) is 0 Å². The van der Waals surface area contributed by atoms with Gasteiger partial charge in [0.2, 0.25) is 11.9 Å². The Kier molecular flexibility index (Phi) is 4.41. The zero-order valence-corrected chi connectivity index (χ0v) is 11.6. The predicted molar refractivity (Wildman–Crippen MR) is 73.6 cm³/mol. The number of aliphatic hydroxyl groups is 1. The Morgan fingerprint density at radius 3 is 2.55 bits per heavy atom. The summed E-state index contributed by atoms with van der Waals surface area (Å²) in [7, 11) is 1.72. The molecule has 0 aliphatic heterocycles. The summed E-state index contributed by atoms with van der Waals surface area (Å²) < 4.78 is 1.44. The standard InChI is InChI=1S/C11H18N8O/c1-7(2)8(4-20)15-10-16-9(12-3)17-11(18-10)19-6-13-5-14-19/h5-8,20H,4H2,1-3H3,(H2,12,15,16,17,18)/t8-/m1/s1. The van der Waals surface area contributed by atoms with Gasteiger partial charge in [-0.15, -0.1) is 0 Å². The van der Waals surface area contributed by atoms with Crippen LogP contribution in [0.5, 0.6) is 0 Å². The van der Waals surface area contributed by atoms with Crippen LogP contribution in [0.15, 0.2) is 12.7 Å². The smallest absolute Gasteiger partial charge is 0.258 e. The molecular weight excluding hydrogens is 260 g/mol. The van der Waals surface area contributed by atoms with Crippen LogP contribution in [0.25, 0.3) is 5.95 Å². The van der Waals surface area contributed by atoms with E-state index in [2.05, 4.69) is 35.7 Å². The number of rotatable bonds is 6. The van der Waals surface area contributed by atoms with E-state index in [1.165, 1.54) is 17.3 Å². The Labute approximate surface area is 116 Å². The molecule has 0 aliphatic rings. The first-order valence-electron chi connectivity index (χ1n) is 6.30. The van der Waals surface area contributed by atoms with Gasteiger partial charge in [-0.3, -0.25) is 0 Å². The van der Waals surface area contributed by atoms with Gasteiger partial charge in [0, 0.05) is 7.05 Å². The Morgan fingerprint density at radius 1 is 1.25 bits per heavy atom. The quantitative estimate of drug-likeness (QED) is 0.672. The van der Waals surface area contributed by atoms with E-state index in [0.717, 1.165) is 0 Å². The fourth-order valence-electron chi connectivity index (χ4n) is 1.54. The molecule has 0 amide bonds. The maximum atomic E-state index is 9.36. The molecular formula is C11H18N8O. The molecule has 0 saturated heterocycles. The van der Waals surface area contributed by atoms with Crippen molar-refractivity contribution >= 4 is 11.9 Å². The van der Waals surface area contributed by atoms with Gasteiger partial charge in [-0.1, -0.05) is 13.8 Å². The van der Waals surface area contributed by atoms with Gasteiger partial charge in [0.25, 0.3) is 5.95 Å². The fourth-order valence-corrected chi connectivity index (χ4v) is 1.54. The van der Waals surface area contributed by atoms with E-state index in [4.69, 9.17) is 0 Å². The molecule has 20 heavy (non-hydrogen) atoms. The first-order valence-corrected chi connectivity index (χ1v) is 6.30. The van der Waals surface area contributed by atoms with Crippen molar-refractivity contribution in [1.29, 1.82) is 0 Å². The molecule has 2 rings (SSSR count). The monoisotopic (exact) mass is 278 g/mol. The van der Waals surface area contributed by atoms with Gasteiger partial charge in [0.05, 0.1) is 12.6 Å². The minimum Gasteiger partial charge on any atom is -0.394 e. The minimum atomic E-state index is -0.134. The van der Waals surface area contributed by atoms with E-state index in [9.17, 15) is 5.11 Å². The third kappa shape index (κ3) is 3.18. The summed E-state index contributed by atoms with van der Waals surface area (Å²) in [6, 6.07) is -0.134. The lowest BCUT2D eigenvalue weighted by Gasteiger charge is -2.20. The highest BCUT2D eigenvalue weighted by Gasteiger charge is 2.15. The molecule has 0 unspecified atom stereocenters. The minimum absolute atomic E-state index is 0.00308. The normalized spacial score (nSPS) is 12.4. The van der Waals surface area contributed by atoms with Crippen LogP contribution in [-0.4, -0.2) is 54.5 Å². The molecule has 0 aromatic carbocycles. The summed E-state index contributed by atoms with van der Waals surface area (Å²) in [6.45, 7) is 4.01. The van der Waals surface area contributed by atoms with E-state index in [-0.39, 0.29) is 18.6 Å². The van der Waals surface area contributed by atoms with Gasteiger partial charge < -0.3 is 15.7 Å². The van der Waals surface area contributed by atoms with Gasteiger partial charge in [0.1, 0.15) is 12.7 Å². The van der Waals surface area contributed by atoms with E-state index in [1.807, 2.05) is 13.8 Å².